The van der Waals surface area contributed by atoms with Gasteiger partial charge in [-0.2, -0.15) is 0 Å². The molecule has 0 aromatic heterocycles. The van der Waals surface area contributed by atoms with E-state index in [4.69, 9.17) is 5.73 Å². The summed E-state index contributed by atoms with van der Waals surface area (Å²) in [6.45, 7) is 2.28. The van der Waals surface area contributed by atoms with Gasteiger partial charge >= 0.3 is 6.03 Å². The fraction of sp³-hybridized carbons (Fsp3) is 0.867. The average Bonchev–Trinajstić information content (AvgIpc) is 2.92. The molecule has 1 saturated heterocycles. The van der Waals surface area contributed by atoms with Crippen molar-refractivity contribution < 1.29 is 9.59 Å². The number of carbonyl (C=O) groups is 2. The van der Waals surface area contributed by atoms with Gasteiger partial charge in [0.1, 0.15) is 0 Å². The predicted octanol–water partition coefficient (Wildman–Crippen LogP) is 1.86. The van der Waals surface area contributed by atoms with E-state index in [2.05, 4.69) is 5.32 Å². The maximum atomic E-state index is 12.0. The highest BCUT2D eigenvalue weighted by atomic mass is 16.2. The average molecular weight is 281 g/mol. The summed E-state index contributed by atoms with van der Waals surface area (Å²) in [5.74, 6) is 0.941. The van der Waals surface area contributed by atoms with Crippen molar-refractivity contribution in [3.8, 4) is 0 Å². The van der Waals surface area contributed by atoms with E-state index in [1.807, 2.05) is 4.90 Å². The Bertz CT molecular complexity index is 332. The summed E-state index contributed by atoms with van der Waals surface area (Å²) in [7, 11) is 0. The minimum atomic E-state index is -0.232. The molecule has 2 aliphatic rings. The Hall–Kier alpha value is -1.26. The molecule has 2 rings (SSSR count). The Kier molecular flexibility index (Phi) is 5.68. The zero-order chi connectivity index (χ0) is 14.4. The van der Waals surface area contributed by atoms with Gasteiger partial charge in [0.15, 0.2) is 0 Å². The molecule has 20 heavy (non-hydrogen) atoms. The number of hydrogen-bond donors (Lipinski definition) is 2. The van der Waals surface area contributed by atoms with E-state index in [0.29, 0.717) is 12.3 Å². The lowest BCUT2D eigenvalue weighted by atomic mass is 9.93. The highest BCUT2D eigenvalue weighted by molar-refractivity contribution is 5.75. The van der Waals surface area contributed by atoms with Gasteiger partial charge in [0.2, 0.25) is 5.91 Å². The van der Waals surface area contributed by atoms with Crippen LogP contribution in [0.4, 0.5) is 4.79 Å². The molecule has 0 bridgehead atoms. The molecule has 0 aromatic rings. The van der Waals surface area contributed by atoms with E-state index in [1.54, 1.807) is 0 Å². The van der Waals surface area contributed by atoms with E-state index in [9.17, 15) is 9.59 Å². The molecule has 1 aliphatic heterocycles. The Morgan fingerprint density at radius 2 is 1.70 bits per heavy atom. The SMILES string of the molecule is NC(=O)CC1CCN(C(=O)NCCC2CCCC2)CC1. The van der Waals surface area contributed by atoms with Gasteiger partial charge in [0.05, 0.1) is 0 Å². The lowest BCUT2D eigenvalue weighted by Gasteiger charge is -2.31. The van der Waals surface area contributed by atoms with Crippen molar-refractivity contribution in [1.29, 1.82) is 0 Å². The first-order valence-electron chi connectivity index (χ1n) is 7.96. The predicted molar refractivity (Wildman–Crippen MR) is 78.1 cm³/mol. The summed E-state index contributed by atoms with van der Waals surface area (Å²) in [5, 5.41) is 3.03. The molecule has 0 radical (unpaired) electrons. The minimum absolute atomic E-state index is 0.0560. The fourth-order valence-electron chi connectivity index (χ4n) is 3.42. The first-order valence-corrected chi connectivity index (χ1v) is 7.96. The number of nitrogens with one attached hydrogen (secondary N) is 1. The van der Waals surface area contributed by atoms with Gasteiger partial charge in [-0.05, 0) is 31.1 Å². The molecule has 5 heteroatoms. The number of piperidine rings is 1. The van der Waals surface area contributed by atoms with Gasteiger partial charge in [0, 0.05) is 26.1 Å². The highest BCUT2D eigenvalue weighted by Gasteiger charge is 2.23. The van der Waals surface area contributed by atoms with E-state index in [1.165, 1.54) is 25.7 Å². The first-order chi connectivity index (χ1) is 9.65. The van der Waals surface area contributed by atoms with E-state index in [-0.39, 0.29) is 11.9 Å². The second-order valence-corrected chi connectivity index (χ2v) is 6.27. The molecule has 1 heterocycles. The van der Waals surface area contributed by atoms with E-state index >= 15 is 0 Å². The molecule has 5 nitrogen and oxygen atoms in total. The third-order valence-corrected chi connectivity index (χ3v) is 4.70. The Balaban J connectivity index is 1.60. The molecule has 2 fully saturated rings. The van der Waals surface area contributed by atoms with Crippen molar-refractivity contribution in [2.45, 2.75) is 51.4 Å². The van der Waals surface area contributed by atoms with Gasteiger partial charge in [-0.1, -0.05) is 25.7 Å². The summed E-state index contributed by atoms with van der Waals surface area (Å²) in [6, 6.07) is 0.0560. The lowest BCUT2D eigenvalue weighted by molar-refractivity contribution is -0.119. The summed E-state index contributed by atoms with van der Waals surface area (Å²) in [5.41, 5.74) is 5.21. The molecule has 1 aliphatic carbocycles. The van der Waals surface area contributed by atoms with Crippen LogP contribution < -0.4 is 11.1 Å². The van der Waals surface area contributed by atoms with E-state index < -0.39 is 0 Å². The van der Waals surface area contributed by atoms with E-state index in [0.717, 1.165) is 44.8 Å². The van der Waals surface area contributed by atoms with Crippen molar-refractivity contribution in [1.82, 2.24) is 10.2 Å². The Labute approximate surface area is 121 Å². The molecule has 0 spiro atoms. The Morgan fingerprint density at radius 1 is 1.05 bits per heavy atom. The van der Waals surface area contributed by atoms with Crippen LogP contribution in [0.25, 0.3) is 0 Å². The van der Waals surface area contributed by atoms with Crippen LogP contribution in [0.2, 0.25) is 0 Å². The number of amides is 3. The van der Waals surface area contributed by atoms with Crippen LogP contribution in [0, 0.1) is 11.8 Å². The van der Waals surface area contributed by atoms with Crippen LogP contribution in [0.1, 0.15) is 51.4 Å². The number of primary amides is 1. The van der Waals surface area contributed by atoms with Crippen molar-refractivity contribution >= 4 is 11.9 Å². The van der Waals surface area contributed by atoms with Gasteiger partial charge in [-0.25, -0.2) is 4.79 Å². The fourth-order valence-corrected chi connectivity index (χ4v) is 3.42. The summed E-state index contributed by atoms with van der Waals surface area (Å²) < 4.78 is 0. The quantitative estimate of drug-likeness (QED) is 0.807. The smallest absolute Gasteiger partial charge is 0.317 e. The molecular weight excluding hydrogens is 254 g/mol. The second kappa shape index (κ2) is 7.50. The minimum Gasteiger partial charge on any atom is -0.370 e. The largest absolute Gasteiger partial charge is 0.370 e. The number of nitrogens with zero attached hydrogens (tertiary/aromatic N) is 1. The van der Waals surface area contributed by atoms with Gasteiger partial charge < -0.3 is 16.0 Å². The van der Waals surface area contributed by atoms with Crippen LogP contribution >= 0.6 is 0 Å². The van der Waals surface area contributed by atoms with Crippen LogP contribution in [-0.4, -0.2) is 36.5 Å². The van der Waals surface area contributed by atoms with Crippen molar-refractivity contribution in [3.05, 3.63) is 0 Å². The van der Waals surface area contributed by atoms with Crippen molar-refractivity contribution in [3.63, 3.8) is 0 Å². The lowest BCUT2D eigenvalue weighted by Crippen LogP contribution is -2.45. The monoisotopic (exact) mass is 281 g/mol. The standard InChI is InChI=1S/C15H27N3O2/c16-14(19)11-13-6-9-18(10-7-13)15(20)17-8-5-12-3-1-2-4-12/h12-13H,1-11H2,(H2,16,19)(H,17,20). The Morgan fingerprint density at radius 3 is 2.30 bits per heavy atom. The number of hydrogen-bond acceptors (Lipinski definition) is 2. The summed E-state index contributed by atoms with van der Waals surface area (Å²) in [4.78, 5) is 24.8. The van der Waals surface area contributed by atoms with Crippen molar-refractivity contribution in [2.75, 3.05) is 19.6 Å². The van der Waals surface area contributed by atoms with Gasteiger partial charge in [-0.15, -0.1) is 0 Å². The molecule has 0 unspecified atom stereocenters. The zero-order valence-electron chi connectivity index (χ0n) is 12.3. The van der Waals surface area contributed by atoms with Crippen LogP contribution in [-0.2, 0) is 4.79 Å². The van der Waals surface area contributed by atoms with Crippen LogP contribution in [0.15, 0.2) is 0 Å². The number of nitrogens with two attached hydrogens (primary N) is 1. The number of likely N-dealkylation sites (tertiary alicyclic amines) is 1. The molecule has 114 valence electrons. The maximum Gasteiger partial charge on any atom is 0.317 e. The van der Waals surface area contributed by atoms with Crippen LogP contribution in [0.5, 0.6) is 0 Å². The third kappa shape index (κ3) is 4.69. The summed E-state index contributed by atoms with van der Waals surface area (Å²) >= 11 is 0. The van der Waals surface area contributed by atoms with Crippen molar-refractivity contribution in [2.24, 2.45) is 17.6 Å². The molecule has 0 aromatic carbocycles. The molecule has 0 atom stereocenters. The first kappa shape index (κ1) is 15.1. The number of rotatable bonds is 5. The zero-order valence-corrected chi connectivity index (χ0v) is 12.3. The topological polar surface area (TPSA) is 75.4 Å². The van der Waals surface area contributed by atoms with Gasteiger partial charge in [-0.3, -0.25) is 4.79 Å². The second-order valence-electron chi connectivity index (χ2n) is 6.27. The molecular formula is C15H27N3O2. The normalized spacial score (nSPS) is 21.1. The molecule has 1 saturated carbocycles. The van der Waals surface area contributed by atoms with Crippen LogP contribution in [0.3, 0.4) is 0 Å². The number of carbonyl (C=O) groups excluding carboxylic acids is 2. The summed E-state index contributed by atoms with van der Waals surface area (Å²) in [6.07, 6.45) is 8.71. The van der Waals surface area contributed by atoms with Gasteiger partial charge in [0.25, 0.3) is 0 Å². The molecule has 3 amide bonds. The highest BCUT2D eigenvalue weighted by Crippen LogP contribution is 2.27. The number of urea groups is 1. The maximum absolute atomic E-state index is 12.0. The third-order valence-electron chi connectivity index (χ3n) is 4.70. The molecule has 3 N–H and O–H groups in total.